The van der Waals surface area contributed by atoms with Crippen LogP contribution in [0, 0.1) is 5.82 Å². The highest BCUT2D eigenvalue weighted by Gasteiger charge is 1.99. The van der Waals surface area contributed by atoms with Gasteiger partial charge in [-0.25, -0.2) is 9.18 Å². The molecule has 0 aliphatic carbocycles. The first-order valence-electron chi connectivity index (χ1n) is 2.69. The number of carbonyl (C=O) groups is 1. The van der Waals surface area contributed by atoms with Gasteiger partial charge >= 0.3 is 5.97 Å². The van der Waals surface area contributed by atoms with Gasteiger partial charge in [-0.15, -0.1) is 0 Å². The van der Waals surface area contributed by atoms with Gasteiger partial charge < -0.3 is 5.11 Å². The van der Waals surface area contributed by atoms with E-state index in [1.54, 1.807) is 0 Å². The lowest BCUT2D eigenvalue weighted by Crippen LogP contribution is -1.94. The molecule has 0 unspecified atom stereocenters. The van der Waals surface area contributed by atoms with Crippen molar-refractivity contribution in [2.45, 2.75) is 7.43 Å². The Morgan fingerprint density at radius 3 is 2.09 bits per heavy atom. The molecule has 0 fully saturated rings. The smallest absolute Gasteiger partial charge is 0.335 e. The lowest BCUT2D eigenvalue weighted by molar-refractivity contribution is 0.0697. The fraction of sp³-hybridized carbons (Fsp3) is 0.125. The lowest BCUT2D eigenvalue weighted by Gasteiger charge is -1.90. The summed E-state index contributed by atoms with van der Waals surface area (Å²) in [5.74, 6) is -1.47. The van der Waals surface area contributed by atoms with Crippen LogP contribution in [0.5, 0.6) is 0 Å². The van der Waals surface area contributed by atoms with Crippen LogP contribution in [0.2, 0.25) is 0 Å². The summed E-state index contributed by atoms with van der Waals surface area (Å²) in [4.78, 5) is 10.2. The Morgan fingerprint density at radius 1 is 1.27 bits per heavy atom. The molecule has 1 aromatic rings. The maximum Gasteiger partial charge on any atom is 0.335 e. The van der Waals surface area contributed by atoms with Crippen molar-refractivity contribution in [2.75, 3.05) is 0 Å². The van der Waals surface area contributed by atoms with E-state index in [2.05, 4.69) is 0 Å². The van der Waals surface area contributed by atoms with Crippen molar-refractivity contribution in [3.63, 3.8) is 0 Å². The van der Waals surface area contributed by atoms with Gasteiger partial charge in [0.25, 0.3) is 0 Å². The quantitative estimate of drug-likeness (QED) is 0.676. The molecule has 3 heteroatoms. The molecule has 1 aromatic carbocycles. The molecular formula is C8H9FO2. The van der Waals surface area contributed by atoms with Crippen molar-refractivity contribution in [3.05, 3.63) is 35.6 Å². The summed E-state index contributed by atoms with van der Waals surface area (Å²) in [6.45, 7) is 0. The van der Waals surface area contributed by atoms with E-state index in [4.69, 9.17) is 5.11 Å². The van der Waals surface area contributed by atoms with Gasteiger partial charge in [0.05, 0.1) is 5.56 Å². The molecule has 1 N–H and O–H groups in total. The Bertz CT molecular complexity index is 241. The molecule has 0 amide bonds. The van der Waals surface area contributed by atoms with Crippen LogP contribution in [-0.2, 0) is 0 Å². The average molecular weight is 156 g/mol. The number of carboxylic acid groups (broad SMARTS) is 1. The minimum atomic E-state index is -1.04. The van der Waals surface area contributed by atoms with Crippen molar-refractivity contribution in [1.82, 2.24) is 0 Å². The molecule has 0 aliphatic rings. The summed E-state index contributed by atoms with van der Waals surface area (Å²) in [5, 5.41) is 8.35. The first-order chi connectivity index (χ1) is 4.70. The summed E-state index contributed by atoms with van der Waals surface area (Å²) in [6.07, 6.45) is 0. The van der Waals surface area contributed by atoms with Gasteiger partial charge in [0, 0.05) is 0 Å². The third-order valence-corrected chi connectivity index (χ3v) is 1.09. The van der Waals surface area contributed by atoms with Gasteiger partial charge in [-0.2, -0.15) is 0 Å². The van der Waals surface area contributed by atoms with E-state index in [0.29, 0.717) is 0 Å². The van der Waals surface area contributed by atoms with E-state index in [-0.39, 0.29) is 13.0 Å². The van der Waals surface area contributed by atoms with Gasteiger partial charge in [0.2, 0.25) is 0 Å². The van der Waals surface area contributed by atoms with Crippen molar-refractivity contribution < 1.29 is 14.3 Å². The molecule has 0 atom stereocenters. The van der Waals surface area contributed by atoms with Crippen molar-refractivity contribution in [2.24, 2.45) is 0 Å². The topological polar surface area (TPSA) is 37.3 Å². The van der Waals surface area contributed by atoms with Gasteiger partial charge in [-0.3, -0.25) is 0 Å². The summed E-state index contributed by atoms with van der Waals surface area (Å²) < 4.78 is 12.2. The lowest BCUT2D eigenvalue weighted by atomic mass is 10.2. The van der Waals surface area contributed by atoms with E-state index >= 15 is 0 Å². The van der Waals surface area contributed by atoms with Crippen LogP contribution >= 0.6 is 0 Å². The normalized spacial score (nSPS) is 8.45. The maximum atomic E-state index is 12.2. The van der Waals surface area contributed by atoms with Crippen molar-refractivity contribution in [3.8, 4) is 0 Å². The molecule has 0 saturated heterocycles. The van der Waals surface area contributed by atoms with Gasteiger partial charge in [-0.1, -0.05) is 7.43 Å². The zero-order valence-electron chi connectivity index (χ0n) is 5.04. The minimum Gasteiger partial charge on any atom is -0.478 e. The summed E-state index contributed by atoms with van der Waals surface area (Å²) in [5.41, 5.74) is 0.0985. The number of benzene rings is 1. The monoisotopic (exact) mass is 156 g/mol. The van der Waals surface area contributed by atoms with Crippen LogP contribution < -0.4 is 0 Å². The first kappa shape index (κ1) is 9.62. The average Bonchev–Trinajstić information content (AvgIpc) is 1.88. The molecule has 11 heavy (non-hydrogen) atoms. The summed E-state index contributed by atoms with van der Waals surface area (Å²) in [7, 11) is 0. The van der Waals surface area contributed by atoms with Crippen LogP contribution in [0.1, 0.15) is 17.8 Å². The molecule has 0 saturated carbocycles. The minimum absolute atomic E-state index is 0. The van der Waals surface area contributed by atoms with Gasteiger partial charge in [0.15, 0.2) is 0 Å². The van der Waals surface area contributed by atoms with Crippen LogP contribution in [0.15, 0.2) is 24.3 Å². The van der Waals surface area contributed by atoms with Crippen molar-refractivity contribution in [1.29, 1.82) is 0 Å². The highest BCUT2D eigenvalue weighted by molar-refractivity contribution is 5.87. The molecule has 0 aliphatic heterocycles. The molecule has 60 valence electrons. The van der Waals surface area contributed by atoms with E-state index in [1.807, 2.05) is 0 Å². The van der Waals surface area contributed by atoms with Gasteiger partial charge in [-0.05, 0) is 24.3 Å². The summed E-state index contributed by atoms with van der Waals surface area (Å²) in [6, 6.07) is 4.67. The maximum absolute atomic E-state index is 12.2. The molecule has 0 bridgehead atoms. The van der Waals surface area contributed by atoms with E-state index in [0.717, 1.165) is 12.1 Å². The largest absolute Gasteiger partial charge is 0.478 e. The Morgan fingerprint density at radius 2 is 1.73 bits per heavy atom. The number of hydrogen-bond donors (Lipinski definition) is 1. The van der Waals surface area contributed by atoms with Crippen LogP contribution in [0.3, 0.4) is 0 Å². The third kappa shape index (κ3) is 2.37. The fourth-order valence-corrected chi connectivity index (χ4v) is 0.592. The molecule has 0 radical (unpaired) electrons. The summed E-state index contributed by atoms with van der Waals surface area (Å²) >= 11 is 0. The second-order valence-corrected chi connectivity index (χ2v) is 1.81. The second kappa shape index (κ2) is 3.71. The predicted molar refractivity (Wildman–Crippen MR) is 40.1 cm³/mol. The number of hydrogen-bond acceptors (Lipinski definition) is 1. The highest BCUT2D eigenvalue weighted by Crippen LogP contribution is 2.01. The molecule has 0 aromatic heterocycles. The second-order valence-electron chi connectivity index (χ2n) is 1.81. The van der Waals surface area contributed by atoms with E-state index < -0.39 is 11.8 Å². The Hall–Kier alpha value is -1.38. The third-order valence-electron chi connectivity index (χ3n) is 1.09. The number of halogens is 1. The Labute approximate surface area is 64.3 Å². The van der Waals surface area contributed by atoms with E-state index in [9.17, 15) is 9.18 Å². The Balaban J connectivity index is 0.000001000. The first-order valence-corrected chi connectivity index (χ1v) is 2.69. The molecule has 2 nitrogen and oxygen atoms in total. The highest BCUT2D eigenvalue weighted by atomic mass is 19.1. The van der Waals surface area contributed by atoms with Crippen LogP contribution in [0.4, 0.5) is 4.39 Å². The Kier molecular flexibility index (Phi) is 3.24. The molecule has 0 spiro atoms. The number of carboxylic acids is 1. The molecule has 0 heterocycles. The zero-order valence-corrected chi connectivity index (χ0v) is 5.04. The fourth-order valence-electron chi connectivity index (χ4n) is 0.592. The SMILES string of the molecule is C.O=C(O)c1ccc(F)cc1. The number of rotatable bonds is 1. The number of aromatic carboxylic acids is 1. The predicted octanol–water partition coefficient (Wildman–Crippen LogP) is 2.16. The molecular weight excluding hydrogens is 147 g/mol. The molecule has 1 rings (SSSR count). The van der Waals surface area contributed by atoms with Crippen molar-refractivity contribution >= 4 is 5.97 Å². The van der Waals surface area contributed by atoms with Crippen LogP contribution in [-0.4, -0.2) is 11.1 Å². The standard InChI is InChI=1S/C7H5FO2.CH4/c8-6-3-1-5(2-4-6)7(9)10;/h1-4H,(H,9,10);1H4. The van der Waals surface area contributed by atoms with E-state index in [1.165, 1.54) is 12.1 Å². The zero-order chi connectivity index (χ0) is 7.56. The van der Waals surface area contributed by atoms with Gasteiger partial charge in [0.1, 0.15) is 5.82 Å². The van der Waals surface area contributed by atoms with Crippen LogP contribution in [0.25, 0.3) is 0 Å².